The predicted molar refractivity (Wildman–Crippen MR) is 118 cm³/mol. The van der Waals surface area contributed by atoms with Crippen LogP contribution in [-0.2, 0) is 11.3 Å². The summed E-state index contributed by atoms with van der Waals surface area (Å²) in [6.07, 6.45) is 11.0. The van der Waals surface area contributed by atoms with Gasteiger partial charge in [-0.25, -0.2) is 0 Å². The van der Waals surface area contributed by atoms with Crippen molar-refractivity contribution in [2.24, 2.45) is 11.8 Å². The molecule has 4 heteroatoms. The van der Waals surface area contributed by atoms with Gasteiger partial charge in [-0.05, 0) is 61.9 Å². The SMILES string of the molecule is CC1CCN(CCN(Cc2ccc(Cl)cc2)C(=O)CCC2CCCCC2)CC1. The molecule has 2 aliphatic rings. The van der Waals surface area contributed by atoms with Gasteiger partial charge in [-0.15, -0.1) is 0 Å². The molecule has 0 radical (unpaired) electrons. The molecule has 1 aromatic carbocycles. The van der Waals surface area contributed by atoms with E-state index >= 15 is 0 Å². The molecule has 3 nitrogen and oxygen atoms in total. The summed E-state index contributed by atoms with van der Waals surface area (Å²) < 4.78 is 0. The second kappa shape index (κ2) is 11.2. The fraction of sp³-hybridized carbons (Fsp3) is 0.708. The van der Waals surface area contributed by atoms with Gasteiger partial charge < -0.3 is 9.80 Å². The van der Waals surface area contributed by atoms with Gasteiger partial charge in [-0.1, -0.05) is 62.8 Å². The van der Waals surface area contributed by atoms with E-state index in [1.807, 2.05) is 24.3 Å². The Balaban J connectivity index is 1.54. The lowest BCUT2D eigenvalue weighted by molar-refractivity contribution is -0.132. The van der Waals surface area contributed by atoms with E-state index in [0.717, 1.165) is 36.4 Å². The molecular formula is C24H37ClN2O. The third-order valence-corrected chi connectivity index (χ3v) is 6.94. The summed E-state index contributed by atoms with van der Waals surface area (Å²) in [5.74, 6) is 1.93. The number of piperidine rings is 1. The number of nitrogens with zero attached hydrogens (tertiary/aromatic N) is 2. The number of carbonyl (C=O) groups is 1. The number of likely N-dealkylation sites (tertiary alicyclic amines) is 1. The van der Waals surface area contributed by atoms with Crippen LogP contribution >= 0.6 is 11.6 Å². The average Bonchev–Trinajstić information content (AvgIpc) is 2.72. The van der Waals surface area contributed by atoms with Crippen molar-refractivity contribution in [2.45, 2.75) is 71.3 Å². The molecule has 0 unspecified atom stereocenters. The number of carbonyl (C=O) groups excluding carboxylic acids is 1. The van der Waals surface area contributed by atoms with Gasteiger partial charge in [0.15, 0.2) is 0 Å². The first-order chi connectivity index (χ1) is 13.6. The number of hydrogen-bond acceptors (Lipinski definition) is 2. The lowest BCUT2D eigenvalue weighted by Gasteiger charge is -2.32. The van der Waals surface area contributed by atoms with E-state index in [4.69, 9.17) is 11.6 Å². The van der Waals surface area contributed by atoms with E-state index in [9.17, 15) is 4.79 Å². The Bertz CT molecular complexity index is 589. The Morgan fingerprint density at radius 2 is 1.75 bits per heavy atom. The molecule has 1 aromatic rings. The fourth-order valence-electron chi connectivity index (χ4n) is 4.61. The van der Waals surface area contributed by atoms with Crippen molar-refractivity contribution in [2.75, 3.05) is 26.2 Å². The summed E-state index contributed by atoms with van der Waals surface area (Å²) in [4.78, 5) is 17.7. The van der Waals surface area contributed by atoms with E-state index in [-0.39, 0.29) is 0 Å². The van der Waals surface area contributed by atoms with E-state index in [1.54, 1.807) is 0 Å². The maximum Gasteiger partial charge on any atom is 0.222 e. The monoisotopic (exact) mass is 404 g/mol. The highest BCUT2D eigenvalue weighted by Gasteiger charge is 2.21. The molecule has 0 N–H and O–H groups in total. The Morgan fingerprint density at radius 3 is 2.43 bits per heavy atom. The molecule has 0 bridgehead atoms. The van der Waals surface area contributed by atoms with Crippen LogP contribution in [0.3, 0.4) is 0 Å². The fourth-order valence-corrected chi connectivity index (χ4v) is 4.74. The predicted octanol–water partition coefficient (Wildman–Crippen LogP) is 5.76. The summed E-state index contributed by atoms with van der Waals surface area (Å²) in [6, 6.07) is 7.94. The second-order valence-electron chi connectivity index (χ2n) is 9.01. The van der Waals surface area contributed by atoms with Crippen LogP contribution in [0.15, 0.2) is 24.3 Å². The maximum absolute atomic E-state index is 13.1. The van der Waals surface area contributed by atoms with Crippen LogP contribution in [0.2, 0.25) is 5.02 Å². The van der Waals surface area contributed by atoms with Crippen molar-refractivity contribution in [3.05, 3.63) is 34.9 Å². The quantitative estimate of drug-likeness (QED) is 0.549. The molecule has 0 atom stereocenters. The minimum absolute atomic E-state index is 0.325. The Hall–Kier alpha value is -1.06. The first-order valence-corrected chi connectivity index (χ1v) is 11.7. The molecule has 3 rings (SSSR count). The van der Waals surface area contributed by atoms with Crippen molar-refractivity contribution in [3.63, 3.8) is 0 Å². The van der Waals surface area contributed by atoms with Gasteiger partial charge >= 0.3 is 0 Å². The average molecular weight is 405 g/mol. The molecule has 156 valence electrons. The zero-order chi connectivity index (χ0) is 19.8. The summed E-state index contributed by atoms with van der Waals surface area (Å²) >= 11 is 6.03. The van der Waals surface area contributed by atoms with E-state index in [2.05, 4.69) is 16.7 Å². The van der Waals surface area contributed by atoms with Crippen molar-refractivity contribution < 1.29 is 4.79 Å². The number of hydrogen-bond donors (Lipinski definition) is 0. The first-order valence-electron chi connectivity index (χ1n) is 11.3. The van der Waals surface area contributed by atoms with Crippen molar-refractivity contribution in [1.29, 1.82) is 0 Å². The first kappa shape index (κ1) is 21.6. The van der Waals surface area contributed by atoms with Gasteiger partial charge in [-0.2, -0.15) is 0 Å². The molecule has 1 saturated heterocycles. The second-order valence-corrected chi connectivity index (χ2v) is 9.45. The normalized spacial score (nSPS) is 19.6. The Labute approximate surface area is 176 Å². The van der Waals surface area contributed by atoms with Crippen LogP contribution in [0.5, 0.6) is 0 Å². The van der Waals surface area contributed by atoms with Gasteiger partial charge in [0.05, 0.1) is 0 Å². The number of rotatable bonds is 8. The van der Waals surface area contributed by atoms with Crippen molar-refractivity contribution >= 4 is 17.5 Å². The summed E-state index contributed by atoms with van der Waals surface area (Å²) in [5, 5.41) is 0.751. The molecule has 1 amide bonds. The minimum Gasteiger partial charge on any atom is -0.337 e. The Kier molecular flexibility index (Phi) is 8.66. The van der Waals surface area contributed by atoms with Crippen LogP contribution in [0.25, 0.3) is 0 Å². The molecule has 1 aliphatic carbocycles. The lowest BCUT2D eigenvalue weighted by atomic mass is 9.86. The van der Waals surface area contributed by atoms with Gasteiger partial charge in [0, 0.05) is 31.1 Å². The molecule has 0 spiro atoms. The standard InChI is InChI=1S/C24H37ClN2O/c1-20-13-15-26(16-14-20)17-18-27(19-22-7-10-23(25)11-8-22)24(28)12-9-21-5-3-2-4-6-21/h7-8,10-11,20-21H,2-6,9,12-19H2,1H3. The van der Waals surface area contributed by atoms with E-state index in [0.29, 0.717) is 18.9 Å². The number of halogens is 1. The molecule has 0 aromatic heterocycles. The van der Waals surface area contributed by atoms with Crippen LogP contribution in [0, 0.1) is 11.8 Å². The van der Waals surface area contributed by atoms with E-state index < -0.39 is 0 Å². The number of amides is 1. The maximum atomic E-state index is 13.1. The Morgan fingerprint density at radius 1 is 1.07 bits per heavy atom. The molecule has 2 fully saturated rings. The third kappa shape index (κ3) is 7.08. The van der Waals surface area contributed by atoms with Gasteiger partial charge in [-0.3, -0.25) is 4.79 Å². The van der Waals surface area contributed by atoms with Crippen molar-refractivity contribution in [1.82, 2.24) is 9.80 Å². The van der Waals surface area contributed by atoms with Crippen LogP contribution in [0.4, 0.5) is 0 Å². The number of benzene rings is 1. The highest BCUT2D eigenvalue weighted by atomic mass is 35.5. The highest BCUT2D eigenvalue weighted by Crippen LogP contribution is 2.27. The van der Waals surface area contributed by atoms with Crippen LogP contribution in [0.1, 0.15) is 70.3 Å². The zero-order valence-electron chi connectivity index (χ0n) is 17.5. The minimum atomic E-state index is 0.325. The lowest BCUT2D eigenvalue weighted by Crippen LogP contribution is -2.41. The zero-order valence-corrected chi connectivity index (χ0v) is 18.3. The largest absolute Gasteiger partial charge is 0.337 e. The highest BCUT2D eigenvalue weighted by molar-refractivity contribution is 6.30. The molecule has 1 saturated carbocycles. The van der Waals surface area contributed by atoms with Crippen LogP contribution < -0.4 is 0 Å². The topological polar surface area (TPSA) is 23.6 Å². The van der Waals surface area contributed by atoms with Crippen LogP contribution in [-0.4, -0.2) is 41.9 Å². The summed E-state index contributed by atoms with van der Waals surface area (Å²) in [7, 11) is 0. The van der Waals surface area contributed by atoms with Crippen molar-refractivity contribution in [3.8, 4) is 0 Å². The van der Waals surface area contributed by atoms with E-state index in [1.165, 1.54) is 63.6 Å². The summed E-state index contributed by atoms with van der Waals surface area (Å²) in [6.45, 7) is 7.22. The third-order valence-electron chi connectivity index (χ3n) is 6.69. The molecule has 1 heterocycles. The molecule has 28 heavy (non-hydrogen) atoms. The smallest absolute Gasteiger partial charge is 0.222 e. The van der Waals surface area contributed by atoms with Gasteiger partial charge in [0.2, 0.25) is 5.91 Å². The molecule has 1 aliphatic heterocycles. The van der Waals surface area contributed by atoms with Gasteiger partial charge in [0.25, 0.3) is 0 Å². The molecular weight excluding hydrogens is 368 g/mol. The summed E-state index contributed by atoms with van der Waals surface area (Å²) in [5.41, 5.74) is 1.17. The van der Waals surface area contributed by atoms with Gasteiger partial charge in [0.1, 0.15) is 0 Å².